The normalized spacial score (nSPS) is 12.3. The van der Waals surface area contributed by atoms with Gasteiger partial charge in [-0.3, -0.25) is 9.79 Å². The number of aliphatic hydroxyl groups is 1. The molecule has 2 atom stereocenters. The summed E-state index contributed by atoms with van der Waals surface area (Å²) in [5.41, 5.74) is 6.31. The van der Waals surface area contributed by atoms with E-state index in [0.717, 1.165) is 27.8 Å². The van der Waals surface area contributed by atoms with E-state index in [4.69, 9.17) is 14.2 Å². The summed E-state index contributed by atoms with van der Waals surface area (Å²) >= 11 is 0. The van der Waals surface area contributed by atoms with Gasteiger partial charge in [0.15, 0.2) is 0 Å². The maximum Gasteiger partial charge on any atom is 0.314 e. The second kappa shape index (κ2) is 14.7. The Morgan fingerprint density at radius 2 is 1.72 bits per heavy atom. The van der Waals surface area contributed by atoms with Gasteiger partial charge in [0, 0.05) is 18.3 Å². The van der Waals surface area contributed by atoms with Crippen LogP contribution in [0.3, 0.4) is 0 Å². The highest BCUT2D eigenvalue weighted by Crippen LogP contribution is 2.36. The molecule has 4 aromatic carbocycles. The molecule has 0 saturated heterocycles. The van der Waals surface area contributed by atoms with Gasteiger partial charge in [-0.1, -0.05) is 60.7 Å². The number of hydrogen-bond donors (Lipinski definition) is 2. The van der Waals surface area contributed by atoms with Crippen LogP contribution in [0, 0.1) is 24.2 Å². The second-order valence-electron chi connectivity index (χ2n) is 10.0. The van der Waals surface area contributed by atoms with Crippen molar-refractivity contribution in [1.29, 1.82) is 5.26 Å². The van der Waals surface area contributed by atoms with Crippen LogP contribution in [0.2, 0.25) is 0 Å². The van der Waals surface area contributed by atoms with Gasteiger partial charge >= 0.3 is 5.97 Å². The number of rotatable bonds is 13. The zero-order valence-corrected chi connectivity index (χ0v) is 24.4. The lowest BCUT2D eigenvalue weighted by Gasteiger charge is -2.18. The highest BCUT2D eigenvalue weighted by molar-refractivity contribution is 5.89. The maximum absolute atomic E-state index is 11.5. The number of benzene rings is 4. The zero-order valence-electron chi connectivity index (χ0n) is 24.4. The standard InChI is InChI=1S/C35H34N2O6/c1-23-28(13-8-14-30(23)27-11-5-4-6-12-27)22-42-29-16-33(41-3)32(20-37-19-31(24(2)38)35(39)40)34(17-29)43-21-26-10-7-9-25(15-26)18-36/h4-17,19,24,31,38H,20-22H2,1-3H3,(H,39,40). The predicted molar refractivity (Wildman–Crippen MR) is 164 cm³/mol. The van der Waals surface area contributed by atoms with Crippen molar-refractivity contribution in [3.8, 4) is 34.4 Å². The molecule has 2 N–H and O–H groups in total. The monoisotopic (exact) mass is 578 g/mol. The van der Waals surface area contributed by atoms with Crippen molar-refractivity contribution in [1.82, 2.24) is 0 Å². The summed E-state index contributed by atoms with van der Waals surface area (Å²) in [6.45, 7) is 4.00. The van der Waals surface area contributed by atoms with E-state index in [1.165, 1.54) is 20.2 Å². The zero-order chi connectivity index (χ0) is 30.8. The number of nitriles is 1. The number of carboxylic acid groups (broad SMARTS) is 1. The van der Waals surface area contributed by atoms with E-state index in [2.05, 4.69) is 36.2 Å². The van der Waals surface area contributed by atoms with Crippen molar-refractivity contribution in [2.45, 2.75) is 39.7 Å². The average molecular weight is 579 g/mol. The van der Waals surface area contributed by atoms with Gasteiger partial charge in [-0.2, -0.15) is 5.26 Å². The molecule has 8 heteroatoms. The minimum absolute atomic E-state index is 0.0474. The summed E-state index contributed by atoms with van der Waals surface area (Å²) in [4.78, 5) is 15.8. The molecule has 0 aliphatic rings. The molecule has 0 aromatic heterocycles. The second-order valence-corrected chi connectivity index (χ2v) is 10.0. The Kier molecular flexibility index (Phi) is 10.5. The molecule has 8 nitrogen and oxygen atoms in total. The predicted octanol–water partition coefficient (Wildman–Crippen LogP) is 6.35. The number of methoxy groups -OCH3 is 1. The van der Waals surface area contributed by atoms with E-state index in [-0.39, 0.29) is 13.2 Å². The third kappa shape index (κ3) is 8.00. The number of hydrogen-bond acceptors (Lipinski definition) is 7. The van der Waals surface area contributed by atoms with Gasteiger partial charge in [0.2, 0.25) is 0 Å². The van der Waals surface area contributed by atoms with Crippen molar-refractivity contribution in [3.05, 3.63) is 113 Å². The van der Waals surface area contributed by atoms with Crippen LogP contribution < -0.4 is 14.2 Å². The summed E-state index contributed by atoms with van der Waals surface area (Å²) in [6, 6.07) is 29.0. The molecule has 0 fully saturated rings. The van der Waals surface area contributed by atoms with Crippen LogP contribution in [0.15, 0.2) is 89.9 Å². The minimum Gasteiger partial charge on any atom is -0.496 e. The highest BCUT2D eigenvalue weighted by atomic mass is 16.5. The largest absolute Gasteiger partial charge is 0.496 e. The molecule has 220 valence electrons. The van der Waals surface area contributed by atoms with Crippen LogP contribution >= 0.6 is 0 Å². The Bertz CT molecular complexity index is 1630. The minimum atomic E-state index is -1.17. The lowest BCUT2D eigenvalue weighted by molar-refractivity contribution is -0.141. The fourth-order valence-corrected chi connectivity index (χ4v) is 4.62. The van der Waals surface area contributed by atoms with Gasteiger partial charge < -0.3 is 24.4 Å². The van der Waals surface area contributed by atoms with Crippen LogP contribution in [0.25, 0.3) is 11.1 Å². The summed E-state index contributed by atoms with van der Waals surface area (Å²) in [7, 11) is 1.52. The van der Waals surface area contributed by atoms with Crippen molar-refractivity contribution in [2.24, 2.45) is 10.9 Å². The topological polar surface area (TPSA) is 121 Å². The van der Waals surface area contributed by atoms with Gasteiger partial charge in [-0.15, -0.1) is 0 Å². The molecule has 0 heterocycles. The first-order valence-electron chi connectivity index (χ1n) is 13.8. The number of aliphatic hydroxyl groups excluding tert-OH is 1. The Balaban J connectivity index is 1.63. The van der Waals surface area contributed by atoms with E-state index in [1.807, 2.05) is 36.4 Å². The molecule has 0 amide bonds. The van der Waals surface area contributed by atoms with E-state index in [0.29, 0.717) is 35.0 Å². The van der Waals surface area contributed by atoms with Crippen molar-refractivity contribution < 1.29 is 29.2 Å². The van der Waals surface area contributed by atoms with Gasteiger partial charge in [0.25, 0.3) is 0 Å². The third-order valence-electron chi connectivity index (χ3n) is 7.06. The molecule has 4 rings (SSSR count). The van der Waals surface area contributed by atoms with Gasteiger partial charge in [-0.25, -0.2) is 0 Å². The fourth-order valence-electron chi connectivity index (χ4n) is 4.62. The number of ether oxygens (including phenoxy) is 3. The molecular formula is C35H34N2O6. The first-order valence-corrected chi connectivity index (χ1v) is 13.8. The van der Waals surface area contributed by atoms with Crippen LogP contribution in [0.5, 0.6) is 17.2 Å². The lowest BCUT2D eigenvalue weighted by atomic mass is 9.97. The number of aliphatic imine (C=N–C) groups is 1. The molecule has 0 aliphatic heterocycles. The number of nitrogens with zero attached hydrogens (tertiary/aromatic N) is 2. The van der Waals surface area contributed by atoms with Crippen molar-refractivity contribution >= 4 is 12.2 Å². The SMILES string of the molecule is COc1cc(OCc2cccc(-c3ccccc3)c2C)cc(OCc2cccc(C#N)c2)c1CN=CC(C(=O)O)C(C)O. The molecule has 43 heavy (non-hydrogen) atoms. The number of carboxylic acids is 1. The molecule has 2 unspecified atom stereocenters. The molecule has 0 saturated carbocycles. The van der Waals surface area contributed by atoms with Crippen LogP contribution in [0.4, 0.5) is 0 Å². The Labute approximate surface area is 251 Å². The molecule has 4 aromatic rings. The van der Waals surface area contributed by atoms with Gasteiger partial charge in [0.1, 0.15) is 36.4 Å². The molecular weight excluding hydrogens is 544 g/mol. The first kappa shape index (κ1) is 30.8. The van der Waals surface area contributed by atoms with Crippen molar-refractivity contribution in [2.75, 3.05) is 7.11 Å². The molecule has 0 aliphatic carbocycles. The average Bonchev–Trinajstić information content (AvgIpc) is 3.02. The molecule has 0 spiro atoms. The summed E-state index contributed by atoms with van der Waals surface area (Å²) in [5.74, 6) is -0.916. The van der Waals surface area contributed by atoms with Crippen LogP contribution in [-0.2, 0) is 24.6 Å². The Morgan fingerprint density at radius 1 is 0.977 bits per heavy atom. The fraction of sp³-hybridized carbons (Fsp3) is 0.229. The summed E-state index contributed by atoms with van der Waals surface area (Å²) in [6.07, 6.45) is 0.116. The van der Waals surface area contributed by atoms with Crippen LogP contribution in [0.1, 0.15) is 34.7 Å². The van der Waals surface area contributed by atoms with Gasteiger partial charge in [-0.05, 0) is 53.8 Å². The van der Waals surface area contributed by atoms with Gasteiger partial charge in [0.05, 0.1) is 37.0 Å². The van der Waals surface area contributed by atoms with E-state index in [1.54, 1.807) is 30.3 Å². The highest BCUT2D eigenvalue weighted by Gasteiger charge is 2.21. The van der Waals surface area contributed by atoms with Crippen molar-refractivity contribution in [3.63, 3.8) is 0 Å². The number of aliphatic carboxylic acids is 1. The molecule has 0 bridgehead atoms. The van der Waals surface area contributed by atoms with E-state index in [9.17, 15) is 20.3 Å². The Morgan fingerprint density at radius 3 is 2.42 bits per heavy atom. The van der Waals surface area contributed by atoms with Crippen LogP contribution in [-0.4, -0.2) is 35.6 Å². The summed E-state index contributed by atoms with van der Waals surface area (Å²) < 4.78 is 18.1. The summed E-state index contributed by atoms with van der Waals surface area (Å²) in [5, 5.41) is 28.5. The smallest absolute Gasteiger partial charge is 0.314 e. The number of carbonyl (C=O) groups is 1. The van der Waals surface area contributed by atoms with E-state index < -0.39 is 18.0 Å². The molecule has 0 radical (unpaired) electrons. The van der Waals surface area contributed by atoms with E-state index >= 15 is 0 Å². The third-order valence-corrected chi connectivity index (χ3v) is 7.06. The lowest BCUT2D eigenvalue weighted by Crippen LogP contribution is -2.26. The Hall–Kier alpha value is -5.13. The maximum atomic E-state index is 11.5. The quantitative estimate of drug-likeness (QED) is 0.177. The first-order chi connectivity index (χ1) is 20.8.